The summed E-state index contributed by atoms with van der Waals surface area (Å²) in [6.07, 6.45) is 0. The van der Waals surface area contributed by atoms with Crippen LogP contribution in [0.15, 0.2) is 0 Å². The van der Waals surface area contributed by atoms with Crippen LogP contribution in [0.5, 0.6) is 0 Å². The second kappa shape index (κ2) is 3.48. The second-order valence-corrected chi connectivity index (χ2v) is 1.28. The first kappa shape index (κ1) is 4.48. The number of rotatable bonds is 1. The molecule has 0 amide bonds. The Morgan fingerprint density at radius 1 is 1.75 bits per heavy atom. The third kappa shape index (κ3) is 2.48. The van der Waals surface area contributed by atoms with Crippen molar-refractivity contribution < 1.29 is 5.11 Å². The van der Waals surface area contributed by atoms with Crippen LogP contribution in [0.2, 0.25) is 5.32 Å². The fourth-order valence-corrected chi connectivity index (χ4v) is 0. The van der Waals surface area contributed by atoms with E-state index in [2.05, 4.69) is 16.0 Å². The third-order valence-electron chi connectivity index (χ3n) is 0.0913. The van der Waals surface area contributed by atoms with E-state index < -0.39 is 0 Å². The number of hydrogen-bond acceptors (Lipinski definition) is 1. The molecule has 2 heteroatoms. The van der Waals surface area contributed by atoms with Gasteiger partial charge in [-0.1, -0.05) is 0 Å². The van der Waals surface area contributed by atoms with Crippen LogP contribution >= 0.6 is 0 Å². The Bertz CT molecular complexity index is 8.00. The zero-order valence-corrected chi connectivity index (χ0v) is 3.98. The van der Waals surface area contributed by atoms with E-state index in [1.807, 2.05) is 0 Å². The molecule has 0 saturated carbocycles. The van der Waals surface area contributed by atoms with E-state index in [-0.39, 0.29) is 6.61 Å². The van der Waals surface area contributed by atoms with Crippen molar-refractivity contribution in [1.82, 2.24) is 0 Å². The monoisotopic (exact) mass is 125 g/mol. The Labute approximate surface area is 33.8 Å². The van der Waals surface area contributed by atoms with Gasteiger partial charge in [0.25, 0.3) is 0 Å². The van der Waals surface area contributed by atoms with Crippen LogP contribution in [0.4, 0.5) is 0 Å². The topological polar surface area (TPSA) is 20.2 Å². The van der Waals surface area contributed by atoms with E-state index in [9.17, 15) is 0 Å². The van der Waals surface area contributed by atoms with Crippen LogP contribution in [0.25, 0.3) is 0 Å². The third-order valence-corrected chi connectivity index (χ3v) is 0.474. The van der Waals surface area contributed by atoms with Crippen LogP contribution in [0.3, 0.4) is 0 Å². The maximum atomic E-state index is 7.84. The number of aliphatic hydroxyl groups excluding tert-OH is 1. The molecule has 0 aliphatic carbocycles. The average Bonchev–Trinajstić information content (AvgIpc) is 1.37. The molecule has 4 heavy (non-hydrogen) atoms. The molecular weight excluding hydrogens is 119 g/mol. The van der Waals surface area contributed by atoms with Gasteiger partial charge in [-0.25, -0.2) is 0 Å². The van der Waals surface area contributed by atoms with Crippen LogP contribution in [0.1, 0.15) is 0 Å². The summed E-state index contributed by atoms with van der Waals surface area (Å²) in [7, 11) is 0. The average molecular weight is 124 g/mol. The molecule has 0 aromatic rings. The summed E-state index contributed by atoms with van der Waals surface area (Å²) >= 11 is 2.64. The van der Waals surface area contributed by atoms with Crippen molar-refractivity contribution in [2.45, 2.75) is 5.32 Å². The molecule has 0 spiro atoms. The number of hydrogen-bond donors (Lipinski definition) is 1. The standard InChI is InChI=1S/C2H6OSe/c3-1-2-4/h3-4H,1-2H2/p-1. The van der Waals surface area contributed by atoms with Crippen molar-refractivity contribution in [3.63, 3.8) is 0 Å². The van der Waals surface area contributed by atoms with Gasteiger partial charge in [0.2, 0.25) is 0 Å². The van der Waals surface area contributed by atoms with Crippen LogP contribution in [0, 0.1) is 0 Å². The molecule has 1 N–H and O–H groups in total. The molecule has 0 aromatic heterocycles. The Hall–Kier alpha value is 0.479. The van der Waals surface area contributed by atoms with Crippen molar-refractivity contribution in [3.8, 4) is 0 Å². The Kier molecular flexibility index (Phi) is 3.90. The summed E-state index contributed by atoms with van der Waals surface area (Å²) in [5, 5.41) is 8.59. The molecule has 0 fully saturated rings. The molecule has 0 heterocycles. The van der Waals surface area contributed by atoms with Crippen LogP contribution in [-0.4, -0.2) is 27.7 Å². The molecule has 0 aliphatic heterocycles. The van der Waals surface area contributed by atoms with Crippen molar-refractivity contribution in [2.24, 2.45) is 0 Å². The van der Waals surface area contributed by atoms with Crippen LogP contribution < -0.4 is 0 Å². The molecule has 0 unspecified atom stereocenters. The van der Waals surface area contributed by atoms with Gasteiger partial charge < -0.3 is 0 Å². The minimum atomic E-state index is 0.264. The van der Waals surface area contributed by atoms with E-state index in [4.69, 9.17) is 5.11 Å². The first-order valence-corrected chi connectivity index (χ1v) is 2.32. The van der Waals surface area contributed by atoms with Gasteiger partial charge in [-0.15, -0.1) is 0 Å². The maximum absolute atomic E-state index is 7.84. The molecule has 26 valence electrons. The van der Waals surface area contributed by atoms with E-state index >= 15 is 0 Å². The normalized spacial score (nSPS) is 7.50. The van der Waals surface area contributed by atoms with Crippen molar-refractivity contribution >= 4 is 16.0 Å². The van der Waals surface area contributed by atoms with Gasteiger partial charge in [-0.2, -0.15) is 0 Å². The molecule has 0 aromatic carbocycles. The first-order valence-electron chi connectivity index (χ1n) is 1.10. The van der Waals surface area contributed by atoms with Crippen molar-refractivity contribution in [1.29, 1.82) is 0 Å². The SMILES string of the molecule is OCC[Se-]. The predicted molar refractivity (Wildman–Crippen MR) is 17.6 cm³/mol. The van der Waals surface area contributed by atoms with Gasteiger partial charge >= 0.3 is 33.0 Å². The zero-order chi connectivity index (χ0) is 3.41. The molecule has 0 saturated heterocycles. The molecule has 0 rings (SSSR count). The van der Waals surface area contributed by atoms with Gasteiger partial charge in [0.05, 0.1) is 0 Å². The first-order chi connectivity index (χ1) is 1.91. The fourth-order valence-electron chi connectivity index (χ4n) is 0. The molecule has 1 nitrogen and oxygen atoms in total. The van der Waals surface area contributed by atoms with E-state index in [0.29, 0.717) is 0 Å². The van der Waals surface area contributed by atoms with Gasteiger partial charge in [0.1, 0.15) is 0 Å². The Morgan fingerprint density at radius 3 is 2.00 bits per heavy atom. The summed E-state index contributed by atoms with van der Waals surface area (Å²) in [6.45, 7) is 0.264. The summed E-state index contributed by atoms with van der Waals surface area (Å²) in [5.41, 5.74) is 0. The molecule has 0 bridgehead atoms. The summed E-state index contributed by atoms with van der Waals surface area (Å²) in [4.78, 5) is 0. The fraction of sp³-hybridized carbons (Fsp3) is 1.00. The Balaban J connectivity index is 1.97. The van der Waals surface area contributed by atoms with Gasteiger partial charge in [-0.05, 0) is 0 Å². The second-order valence-electron chi connectivity index (χ2n) is 0.428. The summed E-state index contributed by atoms with van der Waals surface area (Å²) in [6, 6.07) is 0. The zero-order valence-electron chi connectivity index (χ0n) is 2.27. The Morgan fingerprint density at radius 2 is 2.00 bits per heavy atom. The number of aliphatic hydroxyl groups is 1. The van der Waals surface area contributed by atoms with E-state index in [1.165, 1.54) is 0 Å². The molecule has 0 aliphatic rings. The van der Waals surface area contributed by atoms with Crippen molar-refractivity contribution in [3.05, 3.63) is 0 Å². The minimum absolute atomic E-state index is 0.264. The molecule has 0 atom stereocenters. The van der Waals surface area contributed by atoms with Gasteiger partial charge in [0, 0.05) is 0 Å². The van der Waals surface area contributed by atoms with E-state index in [0.717, 1.165) is 5.32 Å². The molecular formula is C2H5OSe-. The summed E-state index contributed by atoms with van der Waals surface area (Å²) < 4.78 is 0. The molecule has 0 radical (unpaired) electrons. The van der Waals surface area contributed by atoms with Crippen molar-refractivity contribution in [2.75, 3.05) is 6.61 Å². The predicted octanol–water partition coefficient (Wildman–Crippen LogP) is -0.435. The van der Waals surface area contributed by atoms with Crippen LogP contribution in [-0.2, 0) is 0 Å². The summed E-state index contributed by atoms with van der Waals surface area (Å²) in [5.74, 6) is 0. The van der Waals surface area contributed by atoms with Gasteiger partial charge in [0.15, 0.2) is 0 Å². The van der Waals surface area contributed by atoms with Gasteiger partial charge in [-0.3, -0.25) is 0 Å². The van der Waals surface area contributed by atoms with E-state index in [1.54, 1.807) is 0 Å². The quantitative estimate of drug-likeness (QED) is 0.470.